The summed E-state index contributed by atoms with van der Waals surface area (Å²) >= 11 is 6.75. The van der Waals surface area contributed by atoms with Gasteiger partial charge in [0.05, 0.1) is 0 Å². The zero-order valence-electron chi connectivity index (χ0n) is 16.0. The molecule has 0 fully saturated rings. The van der Waals surface area contributed by atoms with Crippen LogP contribution in [-0.2, 0) is 0 Å². The molecule has 0 saturated carbocycles. The Morgan fingerprint density at radius 1 is 0.769 bits per heavy atom. The van der Waals surface area contributed by atoms with Gasteiger partial charge in [0.25, 0.3) is 0 Å². The second-order valence-electron chi connectivity index (χ2n) is 8.17. The Hall–Kier alpha value is -1.97. The third-order valence-corrected chi connectivity index (χ3v) is 11.0. The summed E-state index contributed by atoms with van der Waals surface area (Å²) in [6, 6.07) is 20.3. The average molecular weight is 381 g/mol. The first-order valence-electron chi connectivity index (χ1n) is 8.90. The van der Waals surface area contributed by atoms with Crippen molar-refractivity contribution in [3.05, 3.63) is 65.8 Å². The van der Waals surface area contributed by atoms with Crippen LogP contribution < -0.4 is 5.32 Å². The third kappa shape index (κ3) is 3.46. The van der Waals surface area contributed by atoms with Crippen molar-refractivity contribution in [2.75, 3.05) is 0 Å². The predicted molar refractivity (Wildman–Crippen MR) is 115 cm³/mol. The quantitative estimate of drug-likeness (QED) is 0.400. The maximum Gasteiger partial charge on any atom is 0.160 e. The van der Waals surface area contributed by atoms with Gasteiger partial charge in [-0.05, 0) is 10.6 Å². The van der Waals surface area contributed by atoms with Crippen LogP contribution in [0.25, 0.3) is 22.5 Å². The summed E-state index contributed by atoms with van der Waals surface area (Å²) in [5, 5.41) is 1.79. The number of benzene rings is 2. The molecule has 2 nitrogen and oxygen atoms in total. The summed E-state index contributed by atoms with van der Waals surface area (Å²) in [6.07, 6.45) is 0. The van der Waals surface area contributed by atoms with Crippen molar-refractivity contribution < 1.29 is 0 Å². The summed E-state index contributed by atoms with van der Waals surface area (Å²) in [5.74, 6) is 0.704. The number of nitrogens with zero attached hydrogens (tertiary/aromatic N) is 2. The molecule has 0 aliphatic rings. The molecular formula is C22H25ClN2Si. The highest BCUT2D eigenvalue weighted by atomic mass is 35.5. The number of aromatic nitrogens is 2. The van der Waals surface area contributed by atoms with Gasteiger partial charge in [-0.3, -0.25) is 0 Å². The van der Waals surface area contributed by atoms with Gasteiger partial charge in [-0.2, -0.15) is 0 Å². The molecule has 0 N–H and O–H groups in total. The van der Waals surface area contributed by atoms with E-state index in [2.05, 4.69) is 51.0 Å². The first-order valence-corrected chi connectivity index (χ1v) is 12.3. The molecule has 0 aliphatic carbocycles. The Balaban J connectivity index is 2.32. The molecule has 1 aromatic heterocycles. The van der Waals surface area contributed by atoms with E-state index in [1.165, 1.54) is 0 Å². The first kappa shape index (κ1) is 18.8. The minimum Gasteiger partial charge on any atom is -0.237 e. The summed E-state index contributed by atoms with van der Waals surface area (Å²) in [6.45, 7) is 11.6. The molecular weight excluding hydrogens is 356 g/mol. The molecule has 0 spiro atoms. The van der Waals surface area contributed by atoms with Crippen molar-refractivity contribution in [2.24, 2.45) is 0 Å². The van der Waals surface area contributed by atoms with E-state index in [1.54, 1.807) is 0 Å². The molecule has 3 rings (SSSR count). The average Bonchev–Trinajstić information content (AvgIpc) is 2.61. The molecule has 0 radical (unpaired) electrons. The van der Waals surface area contributed by atoms with Crippen LogP contribution in [0.1, 0.15) is 20.8 Å². The van der Waals surface area contributed by atoms with Crippen molar-refractivity contribution in [3.8, 4) is 22.5 Å². The van der Waals surface area contributed by atoms with Crippen LogP contribution >= 0.6 is 11.6 Å². The minimum atomic E-state index is -1.94. The Bertz CT molecular complexity index is 901. The highest BCUT2D eigenvalue weighted by molar-refractivity contribution is 6.92. The van der Waals surface area contributed by atoms with Gasteiger partial charge in [-0.25, -0.2) is 9.97 Å². The van der Waals surface area contributed by atoms with Crippen LogP contribution in [0, 0.1) is 0 Å². The van der Waals surface area contributed by atoms with Gasteiger partial charge in [0.2, 0.25) is 0 Å². The van der Waals surface area contributed by atoms with Crippen LogP contribution in [0.4, 0.5) is 0 Å². The molecule has 1 heterocycles. The number of hydrogen-bond acceptors (Lipinski definition) is 2. The van der Waals surface area contributed by atoms with Crippen molar-refractivity contribution in [3.63, 3.8) is 0 Å². The molecule has 0 aliphatic heterocycles. The van der Waals surface area contributed by atoms with Crippen molar-refractivity contribution in [2.45, 2.75) is 38.9 Å². The Kier molecular flexibility index (Phi) is 5.04. The molecule has 134 valence electrons. The summed E-state index contributed by atoms with van der Waals surface area (Å²) in [7, 11) is -1.94. The topological polar surface area (TPSA) is 25.8 Å². The highest BCUT2D eigenvalue weighted by Crippen LogP contribution is 2.39. The smallest absolute Gasteiger partial charge is 0.160 e. The zero-order chi connectivity index (χ0) is 18.9. The predicted octanol–water partition coefficient (Wildman–Crippen LogP) is 6.18. The van der Waals surface area contributed by atoms with E-state index in [0.717, 1.165) is 22.0 Å². The molecule has 4 heteroatoms. The van der Waals surface area contributed by atoms with Gasteiger partial charge in [0, 0.05) is 16.4 Å². The Morgan fingerprint density at radius 3 is 1.77 bits per heavy atom. The number of halogens is 1. The normalized spacial score (nSPS) is 12.2. The van der Waals surface area contributed by atoms with E-state index in [-0.39, 0.29) is 5.04 Å². The van der Waals surface area contributed by atoms with Gasteiger partial charge < -0.3 is 0 Å². The molecule has 0 saturated heterocycles. The SMILES string of the molecule is CC(C)(C)[Si](C)(C)c1nc(-c2ccccc2)nc(Cl)c1-c1ccccc1. The van der Waals surface area contributed by atoms with E-state index in [0.29, 0.717) is 11.0 Å². The Labute approximate surface area is 162 Å². The van der Waals surface area contributed by atoms with Gasteiger partial charge in [-0.1, -0.05) is 106 Å². The van der Waals surface area contributed by atoms with E-state index < -0.39 is 8.07 Å². The lowest BCUT2D eigenvalue weighted by Crippen LogP contribution is -2.52. The van der Waals surface area contributed by atoms with Crippen molar-refractivity contribution >= 4 is 25.0 Å². The van der Waals surface area contributed by atoms with E-state index in [4.69, 9.17) is 16.6 Å². The molecule has 26 heavy (non-hydrogen) atoms. The molecule has 3 aromatic rings. The van der Waals surface area contributed by atoms with Gasteiger partial charge in [0.15, 0.2) is 5.82 Å². The second-order valence-corrected chi connectivity index (χ2v) is 13.8. The standard InChI is InChI=1S/C22H25ClN2Si/c1-22(2,3)26(4,5)21-18(16-12-8-6-9-13-16)19(23)24-20(25-21)17-14-10-7-11-15-17/h6-15H,1-5H3. The fourth-order valence-electron chi connectivity index (χ4n) is 2.82. The molecule has 0 amide bonds. The maximum absolute atomic E-state index is 6.75. The van der Waals surface area contributed by atoms with Gasteiger partial charge >= 0.3 is 0 Å². The van der Waals surface area contributed by atoms with E-state index >= 15 is 0 Å². The summed E-state index contributed by atoms with van der Waals surface area (Å²) < 4.78 is 0. The highest BCUT2D eigenvalue weighted by Gasteiger charge is 2.41. The lowest BCUT2D eigenvalue weighted by Gasteiger charge is -2.37. The molecule has 0 bridgehead atoms. The monoisotopic (exact) mass is 380 g/mol. The van der Waals surface area contributed by atoms with Crippen LogP contribution in [0.2, 0.25) is 23.3 Å². The maximum atomic E-state index is 6.75. The largest absolute Gasteiger partial charge is 0.237 e. The van der Waals surface area contributed by atoms with Crippen LogP contribution in [0.15, 0.2) is 60.7 Å². The minimum absolute atomic E-state index is 0.141. The first-order chi connectivity index (χ1) is 12.2. The Morgan fingerprint density at radius 2 is 1.27 bits per heavy atom. The third-order valence-electron chi connectivity index (χ3n) is 5.43. The fraction of sp³-hybridized carbons (Fsp3) is 0.273. The lowest BCUT2D eigenvalue weighted by molar-refractivity contribution is 0.728. The molecule has 0 atom stereocenters. The van der Waals surface area contributed by atoms with E-state index in [9.17, 15) is 0 Å². The van der Waals surface area contributed by atoms with E-state index in [1.807, 2.05) is 48.5 Å². The number of hydrogen-bond donors (Lipinski definition) is 0. The fourth-order valence-corrected chi connectivity index (χ4v) is 5.16. The van der Waals surface area contributed by atoms with Crippen LogP contribution in [-0.4, -0.2) is 18.0 Å². The van der Waals surface area contributed by atoms with Gasteiger partial charge in [0.1, 0.15) is 13.2 Å². The van der Waals surface area contributed by atoms with Crippen LogP contribution in [0.5, 0.6) is 0 Å². The molecule has 0 unspecified atom stereocenters. The number of rotatable bonds is 3. The summed E-state index contributed by atoms with van der Waals surface area (Å²) in [4.78, 5) is 9.74. The summed E-state index contributed by atoms with van der Waals surface area (Å²) in [5.41, 5.74) is 3.06. The second kappa shape index (κ2) is 6.97. The lowest BCUT2D eigenvalue weighted by atomic mass is 10.1. The van der Waals surface area contributed by atoms with Crippen LogP contribution in [0.3, 0.4) is 0 Å². The van der Waals surface area contributed by atoms with Crippen molar-refractivity contribution in [1.29, 1.82) is 0 Å². The molecule has 2 aromatic carbocycles. The van der Waals surface area contributed by atoms with Crippen molar-refractivity contribution in [1.82, 2.24) is 9.97 Å². The zero-order valence-corrected chi connectivity index (χ0v) is 17.8. The van der Waals surface area contributed by atoms with Gasteiger partial charge in [-0.15, -0.1) is 0 Å².